The summed E-state index contributed by atoms with van der Waals surface area (Å²) in [6, 6.07) is 0.129. The lowest BCUT2D eigenvalue weighted by Crippen LogP contribution is -2.50. The smallest absolute Gasteiger partial charge is 0.326 e. The summed E-state index contributed by atoms with van der Waals surface area (Å²) < 4.78 is 5.32. The van der Waals surface area contributed by atoms with E-state index in [1.165, 1.54) is 6.92 Å². The van der Waals surface area contributed by atoms with E-state index in [9.17, 15) is 14.4 Å². The summed E-state index contributed by atoms with van der Waals surface area (Å²) in [4.78, 5) is 37.3. The molecule has 0 N–H and O–H groups in total. The number of thioether (sulfide) groups is 1. The predicted octanol–water partition coefficient (Wildman–Crippen LogP) is 2.63. The summed E-state index contributed by atoms with van der Waals surface area (Å²) in [5.41, 5.74) is -0.554. The lowest BCUT2D eigenvalue weighted by molar-refractivity contribution is -0.161. The van der Waals surface area contributed by atoms with Crippen LogP contribution in [0.15, 0.2) is 0 Å². The van der Waals surface area contributed by atoms with E-state index in [-0.39, 0.29) is 35.5 Å². The summed E-state index contributed by atoms with van der Waals surface area (Å²) in [6.45, 7) is 8.73. The molecule has 0 bridgehead atoms. The molecule has 1 saturated carbocycles. The quantitative estimate of drug-likeness (QED) is 0.701. The molecule has 1 atom stereocenters. The molecule has 1 fully saturated rings. The number of hydrogen-bond donors (Lipinski definition) is 0. The average molecular weight is 329 g/mol. The van der Waals surface area contributed by atoms with Gasteiger partial charge in [-0.2, -0.15) is 0 Å². The third-order valence-electron chi connectivity index (χ3n) is 3.48. The van der Waals surface area contributed by atoms with Crippen LogP contribution in [0, 0.1) is 5.92 Å². The first-order valence-corrected chi connectivity index (χ1v) is 8.74. The minimum atomic E-state index is -0.554. The molecule has 0 spiro atoms. The maximum absolute atomic E-state index is 12.6. The van der Waals surface area contributed by atoms with Gasteiger partial charge in [-0.25, -0.2) is 0 Å². The number of esters is 1. The van der Waals surface area contributed by atoms with Crippen LogP contribution in [0.25, 0.3) is 0 Å². The van der Waals surface area contributed by atoms with Crippen LogP contribution in [0.2, 0.25) is 0 Å². The van der Waals surface area contributed by atoms with E-state index in [1.54, 1.807) is 11.8 Å². The second-order valence-corrected chi connectivity index (χ2v) is 8.04. The predicted molar refractivity (Wildman–Crippen MR) is 87.5 cm³/mol. The van der Waals surface area contributed by atoms with Crippen LogP contribution in [0.4, 0.5) is 0 Å². The van der Waals surface area contributed by atoms with Crippen LogP contribution in [0.5, 0.6) is 0 Å². The van der Waals surface area contributed by atoms with Crippen molar-refractivity contribution in [1.82, 2.24) is 4.90 Å². The number of rotatable bonds is 6. The molecule has 1 aliphatic carbocycles. The Kier molecular flexibility index (Phi) is 6.91. The second-order valence-electron chi connectivity index (χ2n) is 6.84. The molecule has 1 unspecified atom stereocenters. The van der Waals surface area contributed by atoms with Crippen LogP contribution < -0.4 is 0 Å². The molecule has 0 aromatic rings. The Balaban J connectivity index is 2.65. The van der Waals surface area contributed by atoms with Gasteiger partial charge in [0.15, 0.2) is 5.12 Å². The van der Waals surface area contributed by atoms with Crippen LogP contribution in [-0.4, -0.2) is 45.8 Å². The van der Waals surface area contributed by atoms with Crippen molar-refractivity contribution >= 4 is 28.8 Å². The van der Waals surface area contributed by atoms with E-state index in [0.29, 0.717) is 5.75 Å². The Morgan fingerprint density at radius 1 is 1.27 bits per heavy atom. The van der Waals surface area contributed by atoms with Gasteiger partial charge >= 0.3 is 5.97 Å². The first kappa shape index (κ1) is 19.0. The van der Waals surface area contributed by atoms with Crippen molar-refractivity contribution < 1.29 is 19.1 Å². The lowest BCUT2D eigenvalue weighted by atomic mass is 9.90. The number of carbonyl (C=O) groups excluding carboxylic acids is 3. The topological polar surface area (TPSA) is 63.7 Å². The van der Waals surface area contributed by atoms with Crippen LogP contribution in [0.3, 0.4) is 0 Å². The fraction of sp³-hybridized carbons (Fsp3) is 0.812. The van der Waals surface area contributed by atoms with E-state index in [0.717, 1.165) is 31.0 Å². The summed E-state index contributed by atoms with van der Waals surface area (Å²) >= 11 is 1.15. The van der Waals surface area contributed by atoms with Crippen LogP contribution in [-0.2, 0) is 19.1 Å². The van der Waals surface area contributed by atoms with Crippen molar-refractivity contribution in [3.63, 3.8) is 0 Å². The number of ether oxygens (including phenoxy) is 1. The van der Waals surface area contributed by atoms with Gasteiger partial charge < -0.3 is 9.64 Å². The van der Waals surface area contributed by atoms with E-state index < -0.39 is 5.60 Å². The summed E-state index contributed by atoms with van der Waals surface area (Å²) in [5, 5.41) is 0.00184. The van der Waals surface area contributed by atoms with Crippen molar-refractivity contribution in [1.29, 1.82) is 0 Å². The lowest BCUT2D eigenvalue weighted by Gasteiger charge is -2.38. The Morgan fingerprint density at radius 3 is 2.27 bits per heavy atom. The van der Waals surface area contributed by atoms with Crippen molar-refractivity contribution in [2.45, 2.75) is 65.5 Å². The molecule has 0 aromatic carbocycles. The molecule has 0 aromatic heterocycles. The number of nitrogens with zero attached hydrogens (tertiary/aromatic N) is 1. The third-order valence-corrected chi connectivity index (χ3v) is 4.55. The first-order valence-electron chi connectivity index (χ1n) is 7.76. The van der Waals surface area contributed by atoms with E-state index in [1.807, 2.05) is 20.8 Å². The Morgan fingerprint density at radius 2 is 1.86 bits per heavy atom. The highest BCUT2D eigenvalue weighted by molar-refractivity contribution is 8.13. The van der Waals surface area contributed by atoms with Crippen molar-refractivity contribution in [3.8, 4) is 0 Å². The van der Waals surface area contributed by atoms with Gasteiger partial charge in [-0.15, -0.1) is 0 Å². The molecule has 6 heteroatoms. The Bertz CT molecular complexity index is 426. The molecule has 1 aliphatic rings. The van der Waals surface area contributed by atoms with E-state index in [4.69, 9.17) is 4.74 Å². The zero-order valence-corrected chi connectivity index (χ0v) is 15.0. The fourth-order valence-electron chi connectivity index (χ4n) is 2.19. The molecular formula is C16H27NO4S. The number of carbonyl (C=O) groups is 3. The molecule has 22 heavy (non-hydrogen) atoms. The molecule has 0 saturated heterocycles. The normalized spacial score (nSPS) is 16.6. The molecule has 5 nitrogen and oxygen atoms in total. The molecule has 0 heterocycles. The van der Waals surface area contributed by atoms with Gasteiger partial charge in [0.1, 0.15) is 12.1 Å². The van der Waals surface area contributed by atoms with Crippen molar-refractivity contribution in [2.24, 2.45) is 5.92 Å². The number of amides is 1. The van der Waals surface area contributed by atoms with Gasteiger partial charge in [0.2, 0.25) is 5.91 Å². The van der Waals surface area contributed by atoms with Crippen molar-refractivity contribution in [3.05, 3.63) is 0 Å². The monoisotopic (exact) mass is 329 g/mol. The molecule has 0 aliphatic heterocycles. The highest BCUT2D eigenvalue weighted by Gasteiger charge is 2.33. The van der Waals surface area contributed by atoms with E-state index >= 15 is 0 Å². The second kappa shape index (κ2) is 7.99. The maximum atomic E-state index is 12.6. The standard InChI is InChI=1S/C16H27NO4S/c1-11(10-22-12(2)18)15(20)17(13-7-6-8-13)9-14(19)21-16(3,4)5/h11,13H,6-10H2,1-5H3. The van der Waals surface area contributed by atoms with Gasteiger partial charge in [0.25, 0.3) is 0 Å². The minimum absolute atomic E-state index is 0.00184. The minimum Gasteiger partial charge on any atom is -0.459 e. The molecular weight excluding hydrogens is 302 g/mol. The van der Waals surface area contributed by atoms with Gasteiger partial charge in [0, 0.05) is 24.6 Å². The molecule has 1 rings (SSSR count). The number of hydrogen-bond acceptors (Lipinski definition) is 5. The Hall–Kier alpha value is -1.04. The third kappa shape index (κ3) is 6.38. The fourth-order valence-corrected chi connectivity index (χ4v) is 2.82. The highest BCUT2D eigenvalue weighted by atomic mass is 32.2. The largest absolute Gasteiger partial charge is 0.459 e. The summed E-state index contributed by atoms with van der Waals surface area (Å²) in [6.07, 6.45) is 2.95. The molecule has 1 amide bonds. The average Bonchev–Trinajstić information content (AvgIpc) is 2.29. The van der Waals surface area contributed by atoms with Gasteiger partial charge in [-0.05, 0) is 40.0 Å². The molecule has 126 valence electrons. The van der Waals surface area contributed by atoms with Gasteiger partial charge in [0.05, 0.1) is 0 Å². The zero-order valence-electron chi connectivity index (χ0n) is 14.2. The maximum Gasteiger partial charge on any atom is 0.326 e. The molecule has 0 radical (unpaired) electrons. The zero-order chi connectivity index (χ0) is 16.9. The Labute approximate surface area is 137 Å². The van der Waals surface area contributed by atoms with Gasteiger partial charge in [-0.3, -0.25) is 14.4 Å². The summed E-state index contributed by atoms with van der Waals surface area (Å²) in [7, 11) is 0. The van der Waals surface area contributed by atoms with Gasteiger partial charge in [-0.1, -0.05) is 18.7 Å². The van der Waals surface area contributed by atoms with Crippen LogP contribution >= 0.6 is 11.8 Å². The first-order chi connectivity index (χ1) is 10.1. The highest BCUT2D eigenvalue weighted by Crippen LogP contribution is 2.27. The van der Waals surface area contributed by atoms with Crippen molar-refractivity contribution in [2.75, 3.05) is 12.3 Å². The van der Waals surface area contributed by atoms with E-state index in [2.05, 4.69) is 0 Å². The SMILES string of the molecule is CC(=O)SCC(C)C(=O)N(CC(=O)OC(C)(C)C)C1CCC1. The van der Waals surface area contributed by atoms with Crippen LogP contribution in [0.1, 0.15) is 53.9 Å². The summed E-state index contributed by atoms with van der Waals surface area (Å²) in [5.74, 6) is -0.272.